The number of hydrogen-bond acceptors (Lipinski definition) is 3. The second-order valence-electron chi connectivity index (χ2n) is 5.15. The van der Waals surface area contributed by atoms with Crippen LogP contribution in [0.25, 0.3) is 11.3 Å². The average molecular weight is 331 g/mol. The summed E-state index contributed by atoms with van der Waals surface area (Å²) in [5, 5.41) is 0. The lowest BCUT2D eigenvalue weighted by atomic mass is 10.1. The van der Waals surface area contributed by atoms with Gasteiger partial charge in [-0.3, -0.25) is 14.3 Å². The van der Waals surface area contributed by atoms with Crippen LogP contribution in [0.3, 0.4) is 0 Å². The van der Waals surface area contributed by atoms with E-state index in [-0.39, 0.29) is 12.1 Å². The van der Waals surface area contributed by atoms with Gasteiger partial charge >= 0.3 is 6.18 Å². The second-order valence-corrected chi connectivity index (χ2v) is 5.15. The maximum Gasteiger partial charge on any atom is 0.433 e. The Morgan fingerprint density at radius 2 is 1.75 bits per heavy atom. The van der Waals surface area contributed by atoms with Gasteiger partial charge < -0.3 is 0 Å². The van der Waals surface area contributed by atoms with Crippen molar-refractivity contribution >= 4 is 0 Å². The summed E-state index contributed by atoms with van der Waals surface area (Å²) in [6.07, 6.45) is -2.11. The van der Waals surface area contributed by atoms with Crippen LogP contribution >= 0.6 is 0 Å². The SMILES string of the molecule is O=c1cc(-c2ccccc2)ncn1Cc1ccnc(C(F)(F)F)c1. The Balaban J connectivity index is 1.88. The van der Waals surface area contributed by atoms with Crippen molar-refractivity contribution in [1.82, 2.24) is 14.5 Å². The summed E-state index contributed by atoms with van der Waals surface area (Å²) in [4.78, 5) is 19.7. The molecular weight excluding hydrogens is 319 g/mol. The third-order valence-electron chi connectivity index (χ3n) is 3.42. The second kappa shape index (κ2) is 6.27. The zero-order chi connectivity index (χ0) is 17.2. The van der Waals surface area contributed by atoms with Crippen molar-refractivity contribution < 1.29 is 13.2 Å². The number of benzene rings is 1. The molecule has 0 N–H and O–H groups in total. The van der Waals surface area contributed by atoms with Gasteiger partial charge in [0.25, 0.3) is 5.56 Å². The Labute approximate surface area is 135 Å². The Hall–Kier alpha value is -2.96. The number of pyridine rings is 1. The van der Waals surface area contributed by atoms with Crippen molar-refractivity contribution in [3.05, 3.63) is 82.7 Å². The van der Waals surface area contributed by atoms with E-state index < -0.39 is 11.9 Å². The van der Waals surface area contributed by atoms with Crippen molar-refractivity contribution in [2.24, 2.45) is 0 Å². The summed E-state index contributed by atoms with van der Waals surface area (Å²) in [7, 11) is 0. The molecule has 0 saturated heterocycles. The van der Waals surface area contributed by atoms with Crippen molar-refractivity contribution in [1.29, 1.82) is 0 Å². The first-order chi connectivity index (χ1) is 11.4. The molecule has 0 amide bonds. The van der Waals surface area contributed by atoms with E-state index in [4.69, 9.17) is 0 Å². The minimum atomic E-state index is -4.52. The van der Waals surface area contributed by atoms with Gasteiger partial charge in [0.2, 0.25) is 0 Å². The van der Waals surface area contributed by atoms with Crippen LogP contribution in [0.2, 0.25) is 0 Å². The third-order valence-corrected chi connectivity index (χ3v) is 3.42. The Bertz CT molecular complexity index is 905. The van der Waals surface area contributed by atoms with E-state index in [0.29, 0.717) is 11.3 Å². The molecule has 0 unspecified atom stereocenters. The highest BCUT2D eigenvalue weighted by molar-refractivity contribution is 5.57. The lowest BCUT2D eigenvalue weighted by Crippen LogP contribution is -2.20. The molecule has 2 heterocycles. The molecule has 0 aliphatic heterocycles. The minimum absolute atomic E-state index is 0.00744. The summed E-state index contributed by atoms with van der Waals surface area (Å²) < 4.78 is 39.3. The standard InChI is InChI=1S/C17H12F3N3O/c18-17(19,20)15-8-12(6-7-21-15)10-23-11-22-14(9-16(23)24)13-4-2-1-3-5-13/h1-9,11H,10H2. The topological polar surface area (TPSA) is 47.8 Å². The number of aromatic nitrogens is 3. The largest absolute Gasteiger partial charge is 0.433 e. The van der Waals surface area contributed by atoms with Crippen LogP contribution in [0.4, 0.5) is 13.2 Å². The minimum Gasteiger partial charge on any atom is -0.295 e. The predicted molar refractivity (Wildman–Crippen MR) is 82.3 cm³/mol. The van der Waals surface area contributed by atoms with Crippen molar-refractivity contribution in [2.75, 3.05) is 0 Å². The highest BCUT2D eigenvalue weighted by Gasteiger charge is 2.32. The summed E-state index contributed by atoms with van der Waals surface area (Å²) in [6.45, 7) is -0.00744. The highest BCUT2D eigenvalue weighted by Crippen LogP contribution is 2.27. The van der Waals surface area contributed by atoms with Gasteiger partial charge in [-0.2, -0.15) is 13.2 Å². The summed E-state index contributed by atoms with van der Waals surface area (Å²) in [6, 6.07) is 12.9. The van der Waals surface area contributed by atoms with Crippen LogP contribution in [-0.4, -0.2) is 14.5 Å². The van der Waals surface area contributed by atoms with Gasteiger partial charge in [-0.15, -0.1) is 0 Å². The van der Waals surface area contributed by atoms with Crippen LogP contribution in [0.5, 0.6) is 0 Å². The molecule has 24 heavy (non-hydrogen) atoms. The van der Waals surface area contributed by atoms with E-state index in [1.807, 2.05) is 30.3 Å². The van der Waals surface area contributed by atoms with E-state index in [1.54, 1.807) is 0 Å². The molecule has 4 nitrogen and oxygen atoms in total. The van der Waals surface area contributed by atoms with Gasteiger partial charge in [-0.25, -0.2) is 4.98 Å². The summed E-state index contributed by atoms with van der Waals surface area (Å²) in [5.74, 6) is 0. The monoisotopic (exact) mass is 331 g/mol. The molecule has 0 aliphatic rings. The molecule has 3 aromatic rings. The maximum atomic E-state index is 12.7. The Morgan fingerprint density at radius 3 is 2.42 bits per heavy atom. The summed E-state index contributed by atoms with van der Waals surface area (Å²) >= 11 is 0. The smallest absolute Gasteiger partial charge is 0.295 e. The Morgan fingerprint density at radius 1 is 1.00 bits per heavy atom. The first kappa shape index (κ1) is 15.9. The fraction of sp³-hybridized carbons (Fsp3) is 0.118. The lowest BCUT2D eigenvalue weighted by Gasteiger charge is -2.09. The molecule has 0 aliphatic carbocycles. The zero-order valence-corrected chi connectivity index (χ0v) is 12.4. The highest BCUT2D eigenvalue weighted by atomic mass is 19.4. The molecule has 0 fully saturated rings. The molecule has 0 radical (unpaired) electrons. The van der Waals surface area contributed by atoms with E-state index in [2.05, 4.69) is 9.97 Å². The average Bonchev–Trinajstić information content (AvgIpc) is 2.57. The molecule has 0 spiro atoms. The van der Waals surface area contributed by atoms with Crippen LogP contribution in [0.15, 0.2) is 65.8 Å². The van der Waals surface area contributed by atoms with E-state index in [9.17, 15) is 18.0 Å². The number of rotatable bonds is 3. The van der Waals surface area contributed by atoms with Crippen LogP contribution in [0.1, 0.15) is 11.3 Å². The molecule has 7 heteroatoms. The van der Waals surface area contributed by atoms with Crippen molar-refractivity contribution in [3.8, 4) is 11.3 Å². The van der Waals surface area contributed by atoms with Crippen molar-refractivity contribution in [3.63, 3.8) is 0 Å². The molecule has 0 bridgehead atoms. The fourth-order valence-corrected chi connectivity index (χ4v) is 2.24. The number of alkyl halides is 3. The number of nitrogens with zero attached hydrogens (tertiary/aromatic N) is 3. The Kier molecular flexibility index (Phi) is 4.16. The van der Waals surface area contributed by atoms with E-state index in [1.165, 1.54) is 23.0 Å². The van der Waals surface area contributed by atoms with Gasteiger partial charge in [-0.1, -0.05) is 30.3 Å². The normalized spacial score (nSPS) is 11.5. The zero-order valence-electron chi connectivity index (χ0n) is 12.4. The lowest BCUT2D eigenvalue weighted by molar-refractivity contribution is -0.141. The molecule has 0 atom stereocenters. The van der Waals surface area contributed by atoms with E-state index >= 15 is 0 Å². The van der Waals surface area contributed by atoms with Gasteiger partial charge in [0.1, 0.15) is 5.69 Å². The van der Waals surface area contributed by atoms with E-state index in [0.717, 1.165) is 17.8 Å². The fourth-order valence-electron chi connectivity index (χ4n) is 2.24. The molecule has 3 rings (SSSR count). The predicted octanol–water partition coefficient (Wildman–Crippen LogP) is 3.37. The maximum absolute atomic E-state index is 12.7. The first-order valence-electron chi connectivity index (χ1n) is 7.07. The van der Waals surface area contributed by atoms with Crippen LogP contribution in [-0.2, 0) is 12.7 Å². The van der Waals surface area contributed by atoms with Crippen LogP contribution in [0, 0.1) is 0 Å². The van der Waals surface area contributed by atoms with Crippen LogP contribution < -0.4 is 5.56 Å². The number of halogens is 3. The third kappa shape index (κ3) is 3.51. The van der Waals surface area contributed by atoms with Crippen molar-refractivity contribution in [2.45, 2.75) is 12.7 Å². The molecular formula is C17H12F3N3O. The summed E-state index contributed by atoms with van der Waals surface area (Å²) in [5.41, 5.74) is 0.317. The molecule has 0 saturated carbocycles. The van der Waals surface area contributed by atoms with Gasteiger partial charge in [0.05, 0.1) is 18.6 Å². The van der Waals surface area contributed by atoms with Gasteiger partial charge in [0, 0.05) is 17.8 Å². The molecule has 122 valence electrons. The number of hydrogen-bond donors (Lipinski definition) is 0. The quantitative estimate of drug-likeness (QED) is 0.739. The first-order valence-corrected chi connectivity index (χ1v) is 7.07. The van der Waals surface area contributed by atoms with Gasteiger partial charge in [-0.05, 0) is 17.7 Å². The molecule has 2 aromatic heterocycles. The van der Waals surface area contributed by atoms with Gasteiger partial charge in [0.15, 0.2) is 0 Å². The molecule has 1 aromatic carbocycles.